The summed E-state index contributed by atoms with van der Waals surface area (Å²) in [6.45, 7) is 3.31. The molecule has 0 bridgehead atoms. The number of aromatic nitrogens is 2. The smallest absolute Gasteiger partial charge is 0.259 e. The van der Waals surface area contributed by atoms with E-state index in [2.05, 4.69) is 17.1 Å². The van der Waals surface area contributed by atoms with Gasteiger partial charge in [-0.3, -0.25) is 5.10 Å². The third kappa shape index (κ3) is 2.05. The van der Waals surface area contributed by atoms with Gasteiger partial charge in [0.05, 0.1) is 6.20 Å². The molecule has 6 heteroatoms. The molecule has 0 aromatic carbocycles. The van der Waals surface area contributed by atoms with Gasteiger partial charge in [0, 0.05) is 13.1 Å². The lowest BCUT2D eigenvalue weighted by Crippen LogP contribution is -2.39. The molecule has 1 aliphatic heterocycles. The van der Waals surface area contributed by atoms with Crippen LogP contribution in [0.3, 0.4) is 0 Å². The van der Waals surface area contributed by atoms with Crippen molar-refractivity contribution in [2.75, 3.05) is 13.1 Å². The van der Waals surface area contributed by atoms with Gasteiger partial charge in [0.2, 0.25) is 0 Å². The predicted molar refractivity (Wildman–Crippen MR) is 55.7 cm³/mol. The minimum atomic E-state index is -3.34. The molecule has 0 radical (unpaired) electrons. The molecule has 0 amide bonds. The van der Waals surface area contributed by atoms with Gasteiger partial charge < -0.3 is 0 Å². The second-order valence-corrected chi connectivity index (χ2v) is 5.94. The lowest BCUT2D eigenvalue weighted by atomic mass is 10.0. The summed E-state index contributed by atoms with van der Waals surface area (Å²) in [6.07, 6.45) is 3.50. The molecule has 2 rings (SSSR count). The van der Waals surface area contributed by atoms with E-state index < -0.39 is 10.0 Å². The molecule has 1 N–H and O–H groups in total. The number of piperidine rings is 1. The molecule has 1 fully saturated rings. The molecule has 1 atom stereocenters. The van der Waals surface area contributed by atoms with Crippen LogP contribution in [0.1, 0.15) is 19.8 Å². The van der Waals surface area contributed by atoms with Gasteiger partial charge in [-0.25, -0.2) is 8.42 Å². The molecule has 1 aromatic rings. The number of hydrogen-bond acceptors (Lipinski definition) is 3. The number of rotatable bonds is 2. The van der Waals surface area contributed by atoms with Crippen LogP contribution < -0.4 is 0 Å². The van der Waals surface area contributed by atoms with Crippen molar-refractivity contribution in [1.29, 1.82) is 0 Å². The van der Waals surface area contributed by atoms with Crippen molar-refractivity contribution in [3.05, 3.63) is 12.3 Å². The molecule has 84 valence electrons. The van der Waals surface area contributed by atoms with E-state index in [1.54, 1.807) is 0 Å². The number of nitrogens with zero attached hydrogens (tertiary/aromatic N) is 2. The minimum Gasteiger partial charge on any atom is -0.266 e. The summed E-state index contributed by atoms with van der Waals surface area (Å²) in [5.74, 6) is 0.441. The van der Waals surface area contributed by atoms with E-state index in [4.69, 9.17) is 0 Å². The van der Waals surface area contributed by atoms with Crippen molar-refractivity contribution in [3.8, 4) is 0 Å². The highest BCUT2D eigenvalue weighted by molar-refractivity contribution is 7.89. The van der Waals surface area contributed by atoms with Crippen LogP contribution in [0, 0.1) is 5.92 Å². The Labute approximate surface area is 89.5 Å². The highest BCUT2D eigenvalue weighted by Crippen LogP contribution is 2.21. The summed E-state index contributed by atoms with van der Waals surface area (Å²) in [7, 11) is -3.34. The van der Waals surface area contributed by atoms with E-state index in [0.717, 1.165) is 12.8 Å². The third-order valence-electron chi connectivity index (χ3n) is 2.71. The molecular formula is C9H15N3O2S. The third-order valence-corrected chi connectivity index (χ3v) is 4.51. The fraction of sp³-hybridized carbons (Fsp3) is 0.667. The first-order chi connectivity index (χ1) is 7.10. The standard InChI is InChI=1S/C9H15N3O2S/c1-8-3-2-6-12(7-8)15(13,14)9-4-5-10-11-9/h4-5,8H,2-3,6-7H2,1H3,(H,10,11). The molecule has 2 heterocycles. The van der Waals surface area contributed by atoms with E-state index in [-0.39, 0.29) is 5.03 Å². The van der Waals surface area contributed by atoms with E-state index in [1.165, 1.54) is 16.6 Å². The number of H-pyrrole nitrogens is 1. The van der Waals surface area contributed by atoms with E-state index in [0.29, 0.717) is 19.0 Å². The Morgan fingerprint density at radius 2 is 2.40 bits per heavy atom. The normalized spacial score (nSPS) is 24.2. The Morgan fingerprint density at radius 3 is 3.00 bits per heavy atom. The zero-order valence-electron chi connectivity index (χ0n) is 8.68. The van der Waals surface area contributed by atoms with Gasteiger partial charge in [-0.15, -0.1) is 0 Å². The highest BCUT2D eigenvalue weighted by atomic mass is 32.2. The number of sulfonamides is 1. The molecule has 15 heavy (non-hydrogen) atoms. The molecule has 1 unspecified atom stereocenters. The molecule has 0 aliphatic carbocycles. The fourth-order valence-electron chi connectivity index (χ4n) is 1.89. The van der Waals surface area contributed by atoms with Gasteiger partial charge in [0.25, 0.3) is 10.0 Å². The van der Waals surface area contributed by atoms with Crippen LogP contribution in [0.25, 0.3) is 0 Å². The van der Waals surface area contributed by atoms with Gasteiger partial charge in [-0.05, 0) is 24.8 Å². The van der Waals surface area contributed by atoms with Crippen LogP contribution in [0.2, 0.25) is 0 Å². The van der Waals surface area contributed by atoms with E-state index in [1.807, 2.05) is 0 Å². The summed E-state index contributed by atoms with van der Waals surface area (Å²) < 4.78 is 25.6. The zero-order valence-corrected chi connectivity index (χ0v) is 9.50. The Morgan fingerprint density at radius 1 is 1.60 bits per heavy atom. The SMILES string of the molecule is CC1CCCN(S(=O)(=O)c2ccn[nH]2)C1. The Kier molecular flexibility index (Phi) is 2.79. The highest BCUT2D eigenvalue weighted by Gasteiger charge is 2.29. The monoisotopic (exact) mass is 229 g/mol. The maximum atomic E-state index is 12.0. The van der Waals surface area contributed by atoms with Crippen LogP contribution in [0.5, 0.6) is 0 Å². The number of aromatic amines is 1. The van der Waals surface area contributed by atoms with Crippen LogP contribution in [0.4, 0.5) is 0 Å². The summed E-state index contributed by atoms with van der Waals surface area (Å²) in [5, 5.41) is 6.37. The first-order valence-electron chi connectivity index (χ1n) is 5.10. The van der Waals surface area contributed by atoms with Gasteiger partial charge in [-0.1, -0.05) is 6.92 Å². The van der Waals surface area contributed by atoms with Gasteiger partial charge in [0.1, 0.15) is 0 Å². The van der Waals surface area contributed by atoms with Crippen molar-refractivity contribution in [1.82, 2.24) is 14.5 Å². The lowest BCUT2D eigenvalue weighted by molar-refractivity contribution is 0.280. The van der Waals surface area contributed by atoms with Crippen LogP contribution in [-0.2, 0) is 10.0 Å². The van der Waals surface area contributed by atoms with Crippen LogP contribution >= 0.6 is 0 Å². The largest absolute Gasteiger partial charge is 0.266 e. The minimum absolute atomic E-state index is 0.191. The quantitative estimate of drug-likeness (QED) is 0.817. The van der Waals surface area contributed by atoms with Gasteiger partial charge in [-0.2, -0.15) is 9.40 Å². The molecule has 1 aromatic heterocycles. The Balaban J connectivity index is 2.22. The predicted octanol–water partition coefficient (Wildman–Crippen LogP) is 0.830. The Hall–Kier alpha value is -0.880. The van der Waals surface area contributed by atoms with Crippen molar-refractivity contribution in [3.63, 3.8) is 0 Å². The number of hydrogen-bond donors (Lipinski definition) is 1. The zero-order chi connectivity index (χ0) is 10.9. The summed E-state index contributed by atoms with van der Waals surface area (Å²) in [4.78, 5) is 0. The second-order valence-electron chi connectivity index (χ2n) is 4.03. The van der Waals surface area contributed by atoms with Crippen molar-refractivity contribution in [2.45, 2.75) is 24.8 Å². The fourth-order valence-corrected chi connectivity index (χ4v) is 3.39. The Bertz CT molecular complexity index is 413. The molecule has 1 saturated heterocycles. The molecular weight excluding hydrogens is 214 g/mol. The molecule has 0 saturated carbocycles. The molecule has 5 nitrogen and oxygen atoms in total. The summed E-state index contributed by atoms with van der Waals surface area (Å²) >= 11 is 0. The molecule has 0 spiro atoms. The topological polar surface area (TPSA) is 66.1 Å². The van der Waals surface area contributed by atoms with Crippen molar-refractivity contribution >= 4 is 10.0 Å². The van der Waals surface area contributed by atoms with E-state index >= 15 is 0 Å². The summed E-state index contributed by atoms with van der Waals surface area (Å²) in [5.41, 5.74) is 0. The van der Waals surface area contributed by atoms with Crippen LogP contribution in [0.15, 0.2) is 17.3 Å². The van der Waals surface area contributed by atoms with Gasteiger partial charge in [0.15, 0.2) is 5.03 Å². The van der Waals surface area contributed by atoms with Crippen LogP contribution in [-0.4, -0.2) is 36.0 Å². The van der Waals surface area contributed by atoms with E-state index in [9.17, 15) is 8.42 Å². The maximum Gasteiger partial charge on any atom is 0.259 e. The first-order valence-corrected chi connectivity index (χ1v) is 6.54. The van der Waals surface area contributed by atoms with Crippen molar-refractivity contribution < 1.29 is 8.42 Å². The average Bonchev–Trinajstić information content (AvgIpc) is 2.71. The molecule has 1 aliphatic rings. The van der Waals surface area contributed by atoms with Crippen molar-refractivity contribution in [2.24, 2.45) is 5.92 Å². The van der Waals surface area contributed by atoms with Gasteiger partial charge >= 0.3 is 0 Å². The lowest BCUT2D eigenvalue weighted by Gasteiger charge is -2.29. The second kappa shape index (κ2) is 3.94. The average molecular weight is 229 g/mol. The first kappa shape index (κ1) is 10.6. The summed E-state index contributed by atoms with van der Waals surface area (Å²) in [6, 6.07) is 1.49. The number of nitrogens with one attached hydrogen (secondary N) is 1. The maximum absolute atomic E-state index is 12.0.